The molecule has 0 radical (unpaired) electrons. The van der Waals surface area contributed by atoms with Gasteiger partial charge in [0.25, 0.3) is 5.91 Å². The molecule has 2 aliphatic heterocycles. The zero-order valence-corrected chi connectivity index (χ0v) is 15.2. The molecule has 1 unspecified atom stereocenters. The molecule has 1 atom stereocenters. The third-order valence-corrected chi connectivity index (χ3v) is 5.45. The molecule has 0 aliphatic carbocycles. The minimum absolute atomic E-state index is 0.0383. The van der Waals surface area contributed by atoms with E-state index in [0.717, 1.165) is 63.4 Å². The molecule has 1 fully saturated rings. The average molecular weight is 356 g/mol. The van der Waals surface area contributed by atoms with E-state index in [1.54, 1.807) is 6.92 Å². The van der Waals surface area contributed by atoms with Gasteiger partial charge in [-0.15, -0.1) is 0 Å². The summed E-state index contributed by atoms with van der Waals surface area (Å²) < 4.78 is 15.5. The molecule has 1 aromatic heterocycles. The quantitative estimate of drug-likeness (QED) is 0.917. The lowest BCUT2D eigenvalue weighted by molar-refractivity contribution is 0.0781. The van der Waals surface area contributed by atoms with Gasteiger partial charge in [-0.05, 0) is 42.9 Å². The maximum atomic E-state index is 13.4. The molecular weight excluding hydrogens is 331 g/mol. The highest BCUT2D eigenvalue weighted by Crippen LogP contribution is 2.23. The number of hydrogen-bond acceptors (Lipinski definition) is 3. The zero-order chi connectivity index (χ0) is 18.1. The van der Waals surface area contributed by atoms with E-state index in [-0.39, 0.29) is 11.7 Å². The number of halogens is 1. The van der Waals surface area contributed by atoms with Crippen LogP contribution >= 0.6 is 0 Å². The monoisotopic (exact) mass is 356 g/mol. The molecule has 26 heavy (non-hydrogen) atoms. The Bertz CT molecular complexity index is 793. The van der Waals surface area contributed by atoms with Crippen molar-refractivity contribution in [3.8, 4) is 0 Å². The fourth-order valence-corrected chi connectivity index (χ4v) is 3.99. The summed E-state index contributed by atoms with van der Waals surface area (Å²) in [5, 5.41) is 3.34. The Balaban J connectivity index is 1.40. The summed E-state index contributed by atoms with van der Waals surface area (Å²) in [6.45, 7) is 6.00. The molecular formula is C20H25FN4O. The molecule has 1 amide bonds. The number of amides is 1. The van der Waals surface area contributed by atoms with Crippen LogP contribution in [0.1, 0.15) is 33.9 Å². The average Bonchev–Trinajstić information content (AvgIpc) is 3.20. The lowest BCUT2D eigenvalue weighted by Crippen LogP contribution is -2.29. The molecule has 0 bridgehead atoms. The predicted molar refractivity (Wildman–Crippen MR) is 97.7 cm³/mol. The zero-order valence-electron chi connectivity index (χ0n) is 15.2. The second-order valence-electron chi connectivity index (χ2n) is 7.43. The van der Waals surface area contributed by atoms with Crippen molar-refractivity contribution in [1.82, 2.24) is 19.8 Å². The molecule has 1 N–H and O–H groups in total. The Morgan fingerprint density at radius 2 is 2.23 bits per heavy atom. The lowest BCUT2D eigenvalue weighted by atomic mass is 9.97. The van der Waals surface area contributed by atoms with Crippen LogP contribution in [0.15, 0.2) is 24.4 Å². The van der Waals surface area contributed by atoms with Gasteiger partial charge < -0.3 is 14.8 Å². The van der Waals surface area contributed by atoms with E-state index in [2.05, 4.69) is 14.9 Å². The van der Waals surface area contributed by atoms with Crippen molar-refractivity contribution in [3.63, 3.8) is 0 Å². The lowest BCUT2D eigenvalue weighted by Gasteiger charge is -2.15. The fourth-order valence-electron chi connectivity index (χ4n) is 3.99. The summed E-state index contributed by atoms with van der Waals surface area (Å²) in [5.74, 6) is 1.30. The number of fused-ring (bicyclic) bond motifs is 1. The van der Waals surface area contributed by atoms with Crippen LogP contribution in [0, 0.1) is 18.7 Å². The molecule has 4 rings (SSSR count). The highest BCUT2D eigenvalue weighted by atomic mass is 19.1. The van der Waals surface area contributed by atoms with Gasteiger partial charge in [-0.3, -0.25) is 4.79 Å². The summed E-state index contributed by atoms with van der Waals surface area (Å²) in [6, 6.07) is 5.31. The van der Waals surface area contributed by atoms with Crippen LogP contribution in [0.3, 0.4) is 0 Å². The molecule has 2 aliphatic rings. The minimum atomic E-state index is -0.160. The Morgan fingerprint density at radius 1 is 1.35 bits per heavy atom. The van der Waals surface area contributed by atoms with Crippen LogP contribution in [0.25, 0.3) is 0 Å². The van der Waals surface area contributed by atoms with E-state index < -0.39 is 0 Å². The van der Waals surface area contributed by atoms with Gasteiger partial charge in [0.05, 0.1) is 0 Å². The van der Waals surface area contributed by atoms with Crippen molar-refractivity contribution in [3.05, 3.63) is 52.9 Å². The number of carbonyl (C=O) groups excluding carboxylic acids is 1. The summed E-state index contributed by atoms with van der Waals surface area (Å²) >= 11 is 0. The largest absolute Gasteiger partial charge is 0.337 e. The number of hydrogen-bond donors (Lipinski definition) is 1. The third-order valence-electron chi connectivity index (χ3n) is 5.45. The minimum Gasteiger partial charge on any atom is -0.337 e. The summed E-state index contributed by atoms with van der Waals surface area (Å²) in [4.78, 5) is 19.3. The Kier molecular flexibility index (Phi) is 4.76. The number of nitrogens with zero attached hydrogens (tertiary/aromatic N) is 3. The van der Waals surface area contributed by atoms with E-state index in [1.807, 2.05) is 23.2 Å². The Hall–Kier alpha value is -2.21. The first-order valence-electron chi connectivity index (χ1n) is 9.41. The van der Waals surface area contributed by atoms with Crippen LogP contribution in [0.2, 0.25) is 0 Å². The maximum Gasteiger partial charge on any atom is 0.274 e. The van der Waals surface area contributed by atoms with Crippen molar-refractivity contribution in [2.24, 2.45) is 5.92 Å². The number of imidazole rings is 1. The fraction of sp³-hybridized carbons (Fsp3) is 0.500. The molecule has 6 heteroatoms. The van der Waals surface area contributed by atoms with Crippen molar-refractivity contribution in [1.29, 1.82) is 0 Å². The highest BCUT2D eigenvalue weighted by molar-refractivity contribution is 5.92. The summed E-state index contributed by atoms with van der Waals surface area (Å²) in [6.07, 6.45) is 4.64. The molecule has 138 valence electrons. The number of aromatic nitrogens is 2. The molecule has 1 aromatic carbocycles. The van der Waals surface area contributed by atoms with Gasteiger partial charge >= 0.3 is 0 Å². The van der Waals surface area contributed by atoms with E-state index in [9.17, 15) is 9.18 Å². The van der Waals surface area contributed by atoms with Gasteiger partial charge in [0.2, 0.25) is 0 Å². The third kappa shape index (κ3) is 3.51. The summed E-state index contributed by atoms with van der Waals surface area (Å²) in [5.41, 5.74) is 2.40. The van der Waals surface area contributed by atoms with Crippen molar-refractivity contribution in [2.75, 3.05) is 26.2 Å². The van der Waals surface area contributed by atoms with Crippen LogP contribution in [0.5, 0.6) is 0 Å². The second kappa shape index (κ2) is 7.19. The van der Waals surface area contributed by atoms with Crippen molar-refractivity contribution in [2.45, 2.75) is 32.7 Å². The number of rotatable bonds is 3. The topological polar surface area (TPSA) is 50.2 Å². The molecule has 1 saturated heterocycles. The van der Waals surface area contributed by atoms with Crippen LogP contribution < -0.4 is 5.32 Å². The molecule has 5 nitrogen and oxygen atoms in total. The number of benzene rings is 1. The van der Waals surface area contributed by atoms with E-state index >= 15 is 0 Å². The van der Waals surface area contributed by atoms with Gasteiger partial charge in [0.1, 0.15) is 17.3 Å². The van der Waals surface area contributed by atoms with Crippen LogP contribution in [-0.4, -0.2) is 46.5 Å². The smallest absolute Gasteiger partial charge is 0.274 e. The first-order chi connectivity index (χ1) is 12.6. The number of likely N-dealkylation sites (tertiary alicyclic amines) is 1. The first-order valence-corrected chi connectivity index (χ1v) is 9.41. The van der Waals surface area contributed by atoms with Crippen molar-refractivity contribution >= 4 is 5.91 Å². The Labute approximate surface area is 153 Å². The number of aryl methyl sites for hydroxylation is 1. The van der Waals surface area contributed by atoms with Gasteiger partial charge in [0, 0.05) is 45.3 Å². The summed E-state index contributed by atoms with van der Waals surface area (Å²) in [7, 11) is 0. The van der Waals surface area contributed by atoms with Gasteiger partial charge in [-0.25, -0.2) is 9.37 Å². The first kappa shape index (κ1) is 17.2. The molecule has 2 aromatic rings. The molecule has 3 heterocycles. The SMILES string of the molecule is Cc1cc(CC2CCN(C(=O)c3cn4c(n3)CCNCC4)C2)ccc1F. The van der Waals surface area contributed by atoms with E-state index in [1.165, 1.54) is 6.07 Å². The normalized spacial score (nSPS) is 20.1. The van der Waals surface area contributed by atoms with Crippen LogP contribution in [-0.2, 0) is 19.4 Å². The predicted octanol–water partition coefficient (Wildman–Crippen LogP) is 2.18. The van der Waals surface area contributed by atoms with Crippen molar-refractivity contribution < 1.29 is 9.18 Å². The number of carbonyl (C=O) groups is 1. The van der Waals surface area contributed by atoms with Gasteiger partial charge in [0.15, 0.2) is 0 Å². The Morgan fingerprint density at radius 3 is 3.08 bits per heavy atom. The number of nitrogens with one attached hydrogen (secondary N) is 1. The second-order valence-corrected chi connectivity index (χ2v) is 7.43. The molecule has 0 saturated carbocycles. The highest BCUT2D eigenvalue weighted by Gasteiger charge is 2.29. The van der Waals surface area contributed by atoms with E-state index in [0.29, 0.717) is 17.2 Å². The van der Waals surface area contributed by atoms with E-state index in [4.69, 9.17) is 0 Å². The molecule has 0 spiro atoms. The van der Waals surface area contributed by atoms with Gasteiger partial charge in [-0.2, -0.15) is 0 Å². The maximum absolute atomic E-state index is 13.4. The van der Waals surface area contributed by atoms with Gasteiger partial charge in [-0.1, -0.05) is 12.1 Å². The standard InChI is InChI=1S/C20H25FN4O/c1-14-10-15(2-3-17(14)21)11-16-5-8-25(12-16)20(26)18-13-24-9-7-22-6-4-19(24)23-18/h2-3,10,13,16,22H,4-9,11-12H2,1H3. The van der Waals surface area contributed by atoms with Crippen LogP contribution in [0.4, 0.5) is 4.39 Å².